The molecular weight excluding hydrogens is 504 g/mol. The maximum Gasteiger partial charge on any atom is 0.261 e. The molecule has 3 aromatic rings. The molecule has 7 nitrogen and oxygen atoms in total. The molecule has 6 rings (SSSR count). The maximum absolute atomic E-state index is 12.8. The van der Waals surface area contributed by atoms with E-state index < -0.39 is 6.29 Å². The molecule has 208 valence electrons. The van der Waals surface area contributed by atoms with Gasteiger partial charge in [-0.3, -0.25) is 14.5 Å². The molecule has 1 N–H and O–H groups in total. The Morgan fingerprint density at radius 2 is 1.38 bits per heavy atom. The minimum absolute atomic E-state index is 0.00241. The highest BCUT2D eigenvalue weighted by atomic mass is 16.7. The zero-order chi connectivity index (χ0) is 27.6. The van der Waals surface area contributed by atoms with Crippen molar-refractivity contribution in [3.63, 3.8) is 0 Å². The number of likely N-dealkylation sites (tertiary alicyclic amines) is 1. The summed E-state index contributed by atoms with van der Waals surface area (Å²) in [5, 5.41) is 9.50. The van der Waals surface area contributed by atoms with Crippen molar-refractivity contribution >= 4 is 11.8 Å². The monoisotopic (exact) mass is 540 g/mol. The molecule has 3 aliphatic rings. The van der Waals surface area contributed by atoms with E-state index in [0.29, 0.717) is 11.1 Å². The van der Waals surface area contributed by atoms with E-state index in [1.165, 1.54) is 24.2 Å². The molecule has 40 heavy (non-hydrogen) atoms. The predicted octanol–water partition coefficient (Wildman–Crippen LogP) is 5.25. The lowest BCUT2D eigenvalue weighted by Crippen LogP contribution is -2.45. The molecular formula is C33H36N2O5. The predicted molar refractivity (Wildman–Crippen MR) is 150 cm³/mol. The number of hydrogen-bond acceptors (Lipinski definition) is 6. The van der Waals surface area contributed by atoms with Gasteiger partial charge in [0.05, 0.1) is 36.5 Å². The number of aliphatic hydroxyl groups is 1. The number of hydrogen-bond donors (Lipinski definition) is 1. The van der Waals surface area contributed by atoms with E-state index in [9.17, 15) is 14.7 Å². The second-order valence-corrected chi connectivity index (χ2v) is 11.2. The molecule has 3 aromatic carbocycles. The van der Waals surface area contributed by atoms with Crippen LogP contribution >= 0.6 is 0 Å². The molecule has 0 saturated carbocycles. The summed E-state index contributed by atoms with van der Waals surface area (Å²) in [7, 11) is 0. The van der Waals surface area contributed by atoms with Gasteiger partial charge in [0.1, 0.15) is 0 Å². The SMILES string of the molecule is CC1C(CN2CCCCC2)OC(c2ccc(CN3C(=O)c4ccccc4C3=O)cc2)OC1c1ccc(CO)cc1. The van der Waals surface area contributed by atoms with E-state index in [1.54, 1.807) is 24.3 Å². The van der Waals surface area contributed by atoms with Gasteiger partial charge < -0.3 is 19.5 Å². The van der Waals surface area contributed by atoms with Gasteiger partial charge in [-0.1, -0.05) is 74.0 Å². The van der Waals surface area contributed by atoms with Crippen molar-refractivity contribution in [1.29, 1.82) is 0 Å². The van der Waals surface area contributed by atoms with Crippen molar-refractivity contribution in [2.45, 2.75) is 57.8 Å². The van der Waals surface area contributed by atoms with Gasteiger partial charge in [-0.05, 0) is 54.8 Å². The summed E-state index contributed by atoms with van der Waals surface area (Å²) in [6, 6.07) is 22.7. The molecule has 0 spiro atoms. The summed E-state index contributed by atoms with van der Waals surface area (Å²) in [6.45, 7) is 5.48. The smallest absolute Gasteiger partial charge is 0.261 e. The second-order valence-electron chi connectivity index (χ2n) is 11.2. The zero-order valence-electron chi connectivity index (χ0n) is 22.9. The number of imide groups is 1. The van der Waals surface area contributed by atoms with Crippen molar-refractivity contribution < 1.29 is 24.2 Å². The number of rotatable bonds is 7. The van der Waals surface area contributed by atoms with Crippen LogP contribution in [0.5, 0.6) is 0 Å². The van der Waals surface area contributed by atoms with Crippen LogP contribution in [0.25, 0.3) is 0 Å². The van der Waals surface area contributed by atoms with Crippen LogP contribution in [0.4, 0.5) is 0 Å². The van der Waals surface area contributed by atoms with Gasteiger partial charge in [0, 0.05) is 18.0 Å². The average Bonchev–Trinajstić information content (AvgIpc) is 3.24. The average molecular weight is 541 g/mol. The largest absolute Gasteiger partial charge is 0.392 e. The van der Waals surface area contributed by atoms with Crippen molar-refractivity contribution in [2.24, 2.45) is 5.92 Å². The Hall–Kier alpha value is -3.36. The third kappa shape index (κ3) is 5.34. The summed E-state index contributed by atoms with van der Waals surface area (Å²) < 4.78 is 13.2. The van der Waals surface area contributed by atoms with Crippen LogP contribution in [0, 0.1) is 5.92 Å². The van der Waals surface area contributed by atoms with Crippen LogP contribution in [0.15, 0.2) is 72.8 Å². The molecule has 4 atom stereocenters. The lowest BCUT2D eigenvalue weighted by Gasteiger charge is -2.43. The fourth-order valence-corrected chi connectivity index (χ4v) is 6.07. The van der Waals surface area contributed by atoms with Gasteiger partial charge in [-0.25, -0.2) is 0 Å². The summed E-state index contributed by atoms with van der Waals surface area (Å²) in [5.41, 5.74) is 4.63. The van der Waals surface area contributed by atoms with Gasteiger partial charge in [0.25, 0.3) is 11.8 Å². The minimum atomic E-state index is -0.540. The Bertz CT molecular complexity index is 1320. The minimum Gasteiger partial charge on any atom is -0.392 e. The zero-order valence-corrected chi connectivity index (χ0v) is 22.9. The highest BCUT2D eigenvalue weighted by Gasteiger charge is 2.39. The topological polar surface area (TPSA) is 79.3 Å². The quantitative estimate of drug-likeness (QED) is 0.413. The first-order valence-electron chi connectivity index (χ1n) is 14.3. The third-order valence-corrected chi connectivity index (χ3v) is 8.48. The molecule has 2 amide bonds. The molecule has 0 bridgehead atoms. The number of benzene rings is 3. The van der Waals surface area contributed by atoms with Crippen molar-refractivity contribution in [1.82, 2.24) is 9.80 Å². The molecule has 7 heteroatoms. The Morgan fingerprint density at radius 3 is 2.00 bits per heavy atom. The first-order chi connectivity index (χ1) is 19.5. The molecule has 0 aromatic heterocycles. The van der Waals surface area contributed by atoms with E-state index in [0.717, 1.165) is 41.9 Å². The molecule has 3 aliphatic heterocycles. The van der Waals surface area contributed by atoms with Gasteiger partial charge in [0.15, 0.2) is 6.29 Å². The molecule has 0 aliphatic carbocycles. The van der Waals surface area contributed by atoms with Crippen LogP contribution in [-0.2, 0) is 22.6 Å². The standard InChI is InChI=1S/C33H36N2O5/c1-22-29(20-34-17-5-2-6-18-34)39-33(40-30(22)25-13-11-24(21-36)12-14-25)26-15-9-23(10-16-26)19-35-31(37)27-7-3-4-8-28(27)32(35)38/h3-4,7-16,22,29-30,33,36H,2,5-6,17-21H2,1H3. The van der Waals surface area contributed by atoms with Crippen molar-refractivity contribution in [3.05, 3.63) is 106 Å². The molecule has 2 saturated heterocycles. The summed E-state index contributed by atoms with van der Waals surface area (Å²) in [5.74, 6) is -0.368. The number of carbonyl (C=O) groups is 2. The van der Waals surface area contributed by atoms with Crippen LogP contribution < -0.4 is 0 Å². The van der Waals surface area contributed by atoms with E-state index in [4.69, 9.17) is 9.47 Å². The molecule has 0 radical (unpaired) electrons. The second kappa shape index (κ2) is 11.6. The van der Waals surface area contributed by atoms with Crippen molar-refractivity contribution in [2.75, 3.05) is 19.6 Å². The fourth-order valence-electron chi connectivity index (χ4n) is 6.07. The fraction of sp³-hybridized carbons (Fsp3) is 0.394. The lowest BCUT2D eigenvalue weighted by molar-refractivity contribution is -0.276. The number of piperidine rings is 1. The van der Waals surface area contributed by atoms with E-state index in [1.807, 2.05) is 48.5 Å². The maximum atomic E-state index is 12.8. The first-order valence-corrected chi connectivity index (χ1v) is 14.3. The van der Waals surface area contributed by atoms with Crippen LogP contribution in [0.3, 0.4) is 0 Å². The number of aliphatic hydroxyl groups excluding tert-OH is 1. The highest BCUT2D eigenvalue weighted by molar-refractivity contribution is 6.21. The van der Waals surface area contributed by atoms with E-state index in [-0.39, 0.29) is 43.1 Å². The van der Waals surface area contributed by atoms with Gasteiger partial charge >= 0.3 is 0 Å². The van der Waals surface area contributed by atoms with Crippen molar-refractivity contribution in [3.8, 4) is 0 Å². The van der Waals surface area contributed by atoms with Gasteiger partial charge in [-0.15, -0.1) is 0 Å². The number of ether oxygens (including phenoxy) is 2. The molecule has 3 heterocycles. The van der Waals surface area contributed by atoms with Crippen LogP contribution in [0.2, 0.25) is 0 Å². The van der Waals surface area contributed by atoms with Crippen LogP contribution in [0.1, 0.15) is 81.5 Å². The number of fused-ring (bicyclic) bond motifs is 1. The van der Waals surface area contributed by atoms with E-state index in [2.05, 4.69) is 11.8 Å². The van der Waals surface area contributed by atoms with Gasteiger partial charge in [-0.2, -0.15) is 0 Å². The normalized spacial score (nSPS) is 25.3. The number of carbonyl (C=O) groups excluding carboxylic acids is 2. The summed E-state index contributed by atoms with van der Waals surface area (Å²) in [4.78, 5) is 29.4. The van der Waals surface area contributed by atoms with E-state index >= 15 is 0 Å². The first kappa shape index (κ1) is 26.8. The lowest BCUT2D eigenvalue weighted by atomic mass is 9.89. The Balaban J connectivity index is 1.20. The molecule has 2 fully saturated rings. The Labute approximate surface area is 235 Å². The molecule has 4 unspecified atom stereocenters. The van der Waals surface area contributed by atoms with Gasteiger partial charge in [0.2, 0.25) is 0 Å². The Kier molecular flexibility index (Phi) is 7.80. The summed E-state index contributed by atoms with van der Waals surface area (Å²) >= 11 is 0. The van der Waals surface area contributed by atoms with Crippen LogP contribution in [-0.4, -0.2) is 52.5 Å². The summed E-state index contributed by atoms with van der Waals surface area (Å²) in [6.07, 6.45) is 3.04. The number of amides is 2. The Morgan fingerprint density at radius 1 is 0.775 bits per heavy atom. The third-order valence-electron chi connectivity index (χ3n) is 8.48. The number of nitrogens with zero attached hydrogens (tertiary/aromatic N) is 2. The highest BCUT2D eigenvalue weighted by Crippen LogP contribution is 2.42.